The van der Waals surface area contributed by atoms with Crippen LogP contribution in [0.5, 0.6) is 0 Å². The van der Waals surface area contributed by atoms with E-state index in [9.17, 15) is 5.11 Å². The molecule has 2 heterocycles. The average Bonchev–Trinajstić information content (AvgIpc) is 2.96. The summed E-state index contributed by atoms with van der Waals surface area (Å²) in [5, 5.41) is 15.1. The zero-order valence-electron chi connectivity index (χ0n) is 12.2. The normalized spacial score (nSPS) is 17.5. The molecule has 1 aromatic heterocycles. The van der Waals surface area contributed by atoms with E-state index in [4.69, 9.17) is 16.3 Å². The summed E-state index contributed by atoms with van der Waals surface area (Å²) in [6.45, 7) is 4.14. The van der Waals surface area contributed by atoms with Crippen LogP contribution in [0.2, 0.25) is 5.02 Å². The van der Waals surface area contributed by atoms with Crippen molar-refractivity contribution in [3.8, 4) is 11.4 Å². The van der Waals surface area contributed by atoms with Crippen LogP contribution in [0.15, 0.2) is 30.6 Å². The van der Waals surface area contributed by atoms with Gasteiger partial charge in [-0.05, 0) is 12.1 Å². The van der Waals surface area contributed by atoms with E-state index in [1.54, 1.807) is 4.68 Å². The Morgan fingerprint density at radius 1 is 1.23 bits per heavy atom. The van der Waals surface area contributed by atoms with Gasteiger partial charge in [0.1, 0.15) is 6.33 Å². The minimum atomic E-state index is -0.513. The van der Waals surface area contributed by atoms with Crippen LogP contribution >= 0.6 is 11.6 Å². The van der Waals surface area contributed by atoms with Gasteiger partial charge in [0.05, 0.1) is 30.9 Å². The molecule has 0 bridgehead atoms. The Bertz CT molecular complexity index is 613. The maximum absolute atomic E-state index is 10.3. The van der Waals surface area contributed by atoms with E-state index in [-0.39, 0.29) is 0 Å². The Morgan fingerprint density at radius 2 is 2.00 bits per heavy atom. The van der Waals surface area contributed by atoms with E-state index < -0.39 is 6.10 Å². The molecule has 2 aromatic rings. The SMILES string of the molecule is O[C@@H](CN1CCOCC1)Cn1ncnc1-c1ccccc1Cl. The third-order valence-electron chi connectivity index (χ3n) is 3.69. The summed E-state index contributed by atoms with van der Waals surface area (Å²) in [7, 11) is 0. The molecular weight excluding hydrogens is 304 g/mol. The molecule has 0 aliphatic carbocycles. The summed E-state index contributed by atoms with van der Waals surface area (Å²) in [5.41, 5.74) is 0.820. The number of aliphatic hydroxyl groups is 1. The molecule has 22 heavy (non-hydrogen) atoms. The fourth-order valence-corrected chi connectivity index (χ4v) is 2.81. The van der Waals surface area contributed by atoms with Crippen LogP contribution in [0, 0.1) is 0 Å². The summed E-state index contributed by atoms with van der Waals surface area (Å²) in [4.78, 5) is 6.46. The van der Waals surface area contributed by atoms with Gasteiger partial charge in [-0.1, -0.05) is 23.7 Å². The number of aliphatic hydroxyl groups excluding tert-OH is 1. The Balaban J connectivity index is 1.68. The molecule has 0 amide bonds. The minimum Gasteiger partial charge on any atom is -0.390 e. The van der Waals surface area contributed by atoms with Crippen LogP contribution in [0.4, 0.5) is 0 Å². The number of morpholine rings is 1. The van der Waals surface area contributed by atoms with Crippen LogP contribution in [-0.4, -0.2) is 63.7 Å². The van der Waals surface area contributed by atoms with Crippen LogP contribution in [0.3, 0.4) is 0 Å². The monoisotopic (exact) mass is 322 g/mol. The first-order valence-corrected chi connectivity index (χ1v) is 7.72. The number of β-amino-alcohol motifs (C(OH)–C–C–N with tert-alkyl or cyclic N) is 1. The highest BCUT2D eigenvalue weighted by molar-refractivity contribution is 6.33. The average molecular weight is 323 g/mol. The van der Waals surface area contributed by atoms with E-state index in [1.807, 2.05) is 24.3 Å². The molecule has 1 fully saturated rings. The van der Waals surface area contributed by atoms with Gasteiger partial charge in [0.25, 0.3) is 0 Å². The number of nitrogens with zero attached hydrogens (tertiary/aromatic N) is 4. The highest BCUT2D eigenvalue weighted by atomic mass is 35.5. The number of hydrogen-bond donors (Lipinski definition) is 1. The Morgan fingerprint density at radius 3 is 2.77 bits per heavy atom. The smallest absolute Gasteiger partial charge is 0.159 e. The Hall–Kier alpha value is -1.47. The van der Waals surface area contributed by atoms with Crippen molar-refractivity contribution in [2.24, 2.45) is 0 Å². The van der Waals surface area contributed by atoms with Gasteiger partial charge in [0.2, 0.25) is 0 Å². The van der Waals surface area contributed by atoms with Crippen molar-refractivity contribution in [3.05, 3.63) is 35.6 Å². The maximum Gasteiger partial charge on any atom is 0.159 e. The van der Waals surface area contributed by atoms with E-state index >= 15 is 0 Å². The first-order valence-electron chi connectivity index (χ1n) is 7.35. The largest absolute Gasteiger partial charge is 0.390 e. The van der Waals surface area contributed by atoms with Crippen molar-refractivity contribution in [1.82, 2.24) is 19.7 Å². The lowest BCUT2D eigenvalue weighted by atomic mass is 10.2. The molecule has 1 saturated heterocycles. The van der Waals surface area contributed by atoms with Crippen LogP contribution in [0.25, 0.3) is 11.4 Å². The van der Waals surface area contributed by atoms with Crippen molar-refractivity contribution in [3.63, 3.8) is 0 Å². The summed E-state index contributed by atoms with van der Waals surface area (Å²) in [5.74, 6) is 0.673. The highest BCUT2D eigenvalue weighted by Crippen LogP contribution is 2.25. The lowest BCUT2D eigenvalue weighted by Crippen LogP contribution is -2.42. The number of rotatable bonds is 5. The molecule has 0 radical (unpaired) electrons. The van der Waals surface area contributed by atoms with Gasteiger partial charge in [0.15, 0.2) is 5.82 Å². The number of hydrogen-bond acceptors (Lipinski definition) is 5. The quantitative estimate of drug-likeness (QED) is 0.898. The maximum atomic E-state index is 10.3. The summed E-state index contributed by atoms with van der Waals surface area (Å²) >= 11 is 6.21. The lowest BCUT2D eigenvalue weighted by molar-refractivity contribution is 0.0109. The molecule has 1 N–H and O–H groups in total. The zero-order chi connectivity index (χ0) is 15.4. The zero-order valence-corrected chi connectivity index (χ0v) is 13.0. The molecular formula is C15H19ClN4O2. The second-order valence-corrected chi connectivity index (χ2v) is 5.72. The topological polar surface area (TPSA) is 63.4 Å². The van der Waals surface area contributed by atoms with Gasteiger partial charge in [0, 0.05) is 25.2 Å². The third-order valence-corrected chi connectivity index (χ3v) is 4.02. The number of halogens is 1. The van der Waals surface area contributed by atoms with Crippen molar-refractivity contribution in [1.29, 1.82) is 0 Å². The number of benzene rings is 1. The molecule has 0 spiro atoms. The van der Waals surface area contributed by atoms with Gasteiger partial charge >= 0.3 is 0 Å². The number of ether oxygens (including phenoxy) is 1. The summed E-state index contributed by atoms with van der Waals surface area (Å²) < 4.78 is 7.01. The van der Waals surface area contributed by atoms with E-state index in [0.717, 1.165) is 31.9 Å². The lowest BCUT2D eigenvalue weighted by Gasteiger charge is -2.28. The van der Waals surface area contributed by atoms with Gasteiger partial charge in [-0.25, -0.2) is 9.67 Å². The molecule has 1 aliphatic rings. The van der Waals surface area contributed by atoms with Crippen molar-refractivity contribution < 1.29 is 9.84 Å². The second-order valence-electron chi connectivity index (χ2n) is 5.31. The fourth-order valence-electron chi connectivity index (χ4n) is 2.59. The van der Waals surface area contributed by atoms with Gasteiger partial charge in [-0.3, -0.25) is 4.90 Å². The van der Waals surface area contributed by atoms with Gasteiger partial charge < -0.3 is 9.84 Å². The minimum absolute atomic E-state index is 0.387. The molecule has 6 nitrogen and oxygen atoms in total. The Labute approximate surface area is 134 Å². The molecule has 0 saturated carbocycles. The molecule has 1 aliphatic heterocycles. The predicted molar refractivity (Wildman–Crippen MR) is 83.7 cm³/mol. The summed E-state index contributed by atoms with van der Waals surface area (Å²) in [6.07, 6.45) is 0.973. The molecule has 7 heteroatoms. The van der Waals surface area contributed by atoms with Gasteiger partial charge in [-0.15, -0.1) is 0 Å². The second kappa shape index (κ2) is 7.19. The first kappa shape index (κ1) is 15.4. The van der Waals surface area contributed by atoms with E-state index in [0.29, 0.717) is 23.9 Å². The van der Waals surface area contributed by atoms with Crippen LogP contribution < -0.4 is 0 Å². The van der Waals surface area contributed by atoms with Crippen LogP contribution in [0.1, 0.15) is 0 Å². The van der Waals surface area contributed by atoms with Crippen LogP contribution in [-0.2, 0) is 11.3 Å². The first-order chi connectivity index (χ1) is 10.7. The predicted octanol–water partition coefficient (Wildman–Crippen LogP) is 1.29. The van der Waals surface area contributed by atoms with E-state index in [1.165, 1.54) is 6.33 Å². The fraction of sp³-hybridized carbons (Fsp3) is 0.467. The van der Waals surface area contributed by atoms with Gasteiger partial charge in [-0.2, -0.15) is 5.10 Å². The van der Waals surface area contributed by atoms with Crippen molar-refractivity contribution in [2.45, 2.75) is 12.6 Å². The molecule has 1 aromatic carbocycles. The molecule has 3 rings (SSSR count). The van der Waals surface area contributed by atoms with E-state index in [2.05, 4.69) is 15.0 Å². The Kier molecular flexibility index (Phi) is 5.04. The molecule has 0 unspecified atom stereocenters. The third kappa shape index (κ3) is 3.64. The van der Waals surface area contributed by atoms with Crippen molar-refractivity contribution in [2.75, 3.05) is 32.8 Å². The standard InChI is InChI=1S/C15H19ClN4O2/c16-14-4-2-1-3-13(14)15-17-11-18-20(15)10-12(21)9-19-5-7-22-8-6-19/h1-4,11-12,21H,5-10H2/t12-/m0/s1. The molecule has 118 valence electrons. The highest BCUT2D eigenvalue weighted by Gasteiger charge is 2.18. The molecule has 1 atom stereocenters. The summed E-state index contributed by atoms with van der Waals surface area (Å²) in [6, 6.07) is 7.50. The van der Waals surface area contributed by atoms with Crippen molar-refractivity contribution >= 4 is 11.6 Å². The number of aromatic nitrogens is 3.